The van der Waals surface area contributed by atoms with Crippen molar-refractivity contribution in [2.75, 3.05) is 22.9 Å². The Balaban J connectivity index is 2.13. The molecule has 0 bridgehead atoms. The Hall–Kier alpha value is -1.87. The Labute approximate surface area is 214 Å². The molecule has 3 heteroatoms. The summed E-state index contributed by atoms with van der Waals surface area (Å²) in [7, 11) is 0. The second-order valence-corrected chi connectivity index (χ2v) is 14.4. The lowest BCUT2D eigenvalue weighted by atomic mass is 9.80. The molecule has 1 heterocycles. The van der Waals surface area contributed by atoms with Crippen molar-refractivity contribution in [3.8, 4) is 0 Å². The molecule has 0 unspecified atom stereocenters. The average molecular weight is 479 g/mol. The second-order valence-electron chi connectivity index (χ2n) is 14.0. The molecule has 0 spiro atoms. The topological polar surface area (TPSA) is 6.48 Å². The Bertz CT molecular complexity index is 983. The molecular weight excluding hydrogens is 432 g/mol. The van der Waals surface area contributed by atoms with Crippen molar-refractivity contribution < 1.29 is 0 Å². The Morgan fingerprint density at radius 3 is 1.12 bits per heavy atom. The van der Waals surface area contributed by atoms with Gasteiger partial charge in [0.2, 0.25) is 0 Å². The molecule has 2 nitrogen and oxygen atoms in total. The maximum absolute atomic E-state index is 6.22. The average Bonchev–Trinajstić information content (AvgIpc) is 3.05. The Morgan fingerprint density at radius 2 is 0.853 bits per heavy atom. The molecule has 0 amide bonds. The zero-order chi connectivity index (χ0) is 25.9. The highest BCUT2D eigenvalue weighted by atomic mass is 32.1. The van der Waals surface area contributed by atoms with Crippen molar-refractivity contribution in [2.24, 2.45) is 0 Å². The van der Waals surface area contributed by atoms with Crippen LogP contribution in [0.3, 0.4) is 0 Å². The minimum atomic E-state index is 0.0392. The van der Waals surface area contributed by atoms with Gasteiger partial charge in [0.15, 0.2) is 5.11 Å². The largest absolute Gasteiger partial charge is 0.316 e. The second kappa shape index (κ2) is 8.66. The van der Waals surface area contributed by atoms with Gasteiger partial charge >= 0.3 is 0 Å². The van der Waals surface area contributed by atoms with Gasteiger partial charge in [-0.15, -0.1) is 0 Å². The van der Waals surface area contributed by atoms with Crippen LogP contribution in [-0.2, 0) is 21.7 Å². The molecular formula is C31H46N2S. The summed E-state index contributed by atoms with van der Waals surface area (Å²) in [4.78, 5) is 4.75. The smallest absolute Gasteiger partial charge is 0.180 e. The normalized spacial score (nSPS) is 15.9. The number of anilines is 2. The van der Waals surface area contributed by atoms with Crippen LogP contribution in [0.5, 0.6) is 0 Å². The van der Waals surface area contributed by atoms with Gasteiger partial charge in [-0.2, -0.15) is 0 Å². The number of benzene rings is 2. The van der Waals surface area contributed by atoms with Crippen molar-refractivity contribution in [3.63, 3.8) is 0 Å². The highest BCUT2D eigenvalue weighted by Gasteiger charge is 2.34. The summed E-state index contributed by atoms with van der Waals surface area (Å²) in [5.41, 5.74) is 8.18. The number of hydrogen-bond donors (Lipinski definition) is 0. The van der Waals surface area contributed by atoms with Crippen LogP contribution in [-0.4, -0.2) is 18.2 Å². The van der Waals surface area contributed by atoms with E-state index in [0.29, 0.717) is 0 Å². The van der Waals surface area contributed by atoms with Gasteiger partial charge in [0, 0.05) is 24.5 Å². The van der Waals surface area contributed by atoms with Gasteiger partial charge in [0.25, 0.3) is 0 Å². The van der Waals surface area contributed by atoms with Gasteiger partial charge in [-0.1, -0.05) is 107 Å². The van der Waals surface area contributed by atoms with Crippen LogP contribution in [0.25, 0.3) is 0 Å². The van der Waals surface area contributed by atoms with E-state index in [1.54, 1.807) is 0 Å². The summed E-state index contributed by atoms with van der Waals surface area (Å²) >= 11 is 6.22. The standard InChI is InChI=1S/C31H46N2S/c1-28(2,3)21-13-15-23(30(7,8)9)25(19-21)32-17-18-33(27(32)34)26-20-22(29(4,5)6)14-16-24(26)31(10,11)12/h13-16,19-20H,17-18H2,1-12H3. The first-order valence-corrected chi connectivity index (χ1v) is 13.1. The van der Waals surface area contributed by atoms with Crippen LogP contribution in [0.1, 0.15) is 105 Å². The maximum atomic E-state index is 6.22. The molecule has 0 saturated carbocycles. The van der Waals surface area contributed by atoms with E-state index >= 15 is 0 Å². The van der Waals surface area contributed by atoms with E-state index in [-0.39, 0.29) is 21.7 Å². The van der Waals surface area contributed by atoms with Gasteiger partial charge in [-0.3, -0.25) is 0 Å². The summed E-state index contributed by atoms with van der Waals surface area (Å²) in [6, 6.07) is 14.0. The molecule has 0 aromatic heterocycles. The van der Waals surface area contributed by atoms with Gasteiger partial charge < -0.3 is 9.80 Å². The third kappa shape index (κ3) is 5.35. The van der Waals surface area contributed by atoms with Gasteiger partial charge in [-0.05, 0) is 68.3 Å². The quantitative estimate of drug-likeness (QED) is 0.400. The van der Waals surface area contributed by atoms with Crippen LogP contribution in [0, 0.1) is 0 Å². The molecule has 0 N–H and O–H groups in total. The van der Waals surface area contributed by atoms with Crippen LogP contribution >= 0.6 is 12.2 Å². The molecule has 34 heavy (non-hydrogen) atoms. The molecule has 1 fully saturated rings. The van der Waals surface area contributed by atoms with Crippen molar-refractivity contribution >= 4 is 28.7 Å². The van der Waals surface area contributed by atoms with Crippen molar-refractivity contribution in [3.05, 3.63) is 58.7 Å². The van der Waals surface area contributed by atoms with Crippen LogP contribution in [0.4, 0.5) is 11.4 Å². The monoisotopic (exact) mass is 478 g/mol. The first-order chi connectivity index (χ1) is 15.3. The van der Waals surface area contributed by atoms with Gasteiger partial charge in [-0.25, -0.2) is 0 Å². The molecule has 186 valence electrons. The van der Waals surface area contributed by atoms with Gasteiger partial charge in [0.05, 0.1) is 0 Å². The predicted molar refractivity (Wildman–Crippen MR) is 155 cm³/mol. The van der Waals surface area contributed by atoms with E-state index in [1.807, 2.05) is 0 Å². The SMILES string of the molecule is CC(C)(C)c1ccc(C(C)(C)C)c(N2CCN(c3cc(C(C)(C)C)ccc3C(C)(C)C)C2=S)c1. The first kappa shape index (κ1) is 26.7. The van der Waals surface area contributed by atoms with Crippen molar-refractivity contribution in [1.29, 1.82) is 0 Å². The fraction of sp³-hybridized carbons (Fsp3) is 0.581. The van der Waals surface area contributed by atoms with E-state index in [2.05, 4.69) is 129 Å². The Kier molecular flexibility index (Phi) is 6.81. The maximum Gasteiger partial charge on any atom is 0.180 e. The molecule has 0 atom stereocenters. The fourth-order valence-electron chi connectivity index (χ4n) is 4.70. The molecule has 1 saturated heterocycles. The highest BCUT2D eigenvalue weighted by Crippen LogP contribution is 2.41. The van der Waals surface area contributed by atoms with Crippen LogP contribution < -0.4 is 9.80 Å². The lowest BCUT2D eigenvalue weighted by Crippen LogP contribution is -2.35. The lowest BCUT2D eigenvalue weighted by Gasteiger charge is -2.33. The third-order valence-corrected chi connectivity index (χ3v) is 7.37. The molecule has 2 aromatic carbocycles. The predicted octanol–water partition coefficient (Wildman–Crippen LogP) is 8.49. The van der Waals surface area contributed by atoms with E-state index in [1.165, 1.54) is 33.6 Å². The van der Waals surface area contributed by atoms with Gasteiger partial charge in [0.1, 0.15) is 0 Å². The lowest BCUT2D eigenvalue weighted by molar-refractivity contribution is 0.577. The summed E-state index contributed by atoms with van der Waals surface area (Å²) < 4.78 is 0. The summed E-state index contributed by atoms with van der Waals surface area (Å²) in [5.74, 6) is 0. The molecule has 0 aliphatic carbocycles. The number of hydrogen-bond acceptors (Lipinski definition) is 1. The van der Waals surface area contributed by atoms with E-state index in [4.69, 9.17) is 12.2 Å². The first-order valence-electron chi connectivity index (χ1n) is 12.7. The molecule has 3 rings (SSSR count). The number of thiocarbonyl (C=S) groups is 1. The molecule has 1 aliphatic rings. The summed E-state index contributed by atoms with van der Waals surface area (Å²) in [6.45, 7) is 29.3. The Morgan fingerprint density at radius 1 is 0.529 bits per heavy atom. The fourth-order valence-corrected chi connectivity index (χ4v) is 5.07. The van der Waals surface area contributed by atoms with Crippen LogP contribution in [0.2, 0.25) is 0 Å². The van der Waals surface area contributed by atoms with E-state index in [0.717, 1.165) is 18.2 Å². The van der Waals surface area contributed by atoms with E-state index < -0.39 is 0 Å². The number of nitrogens with zero attached hydrogens (tertiary/aromatic N) is 2. The summed E-state index contributed by atoms with van der Waals surface area (Å²) in [5, 5.41) is 0.910. The third-order valence-electron chi connectivity index (χ3n) is 6.93. The van der Waals surface area contributed by atoms with E-state index in [9.17, 15) is 0 Å². The van der Waals surface area contributed by atoms with Crippen LogP contribution in [0.15, 0.2) is 36.4 Å². The minimum Gasteiger partial charge on any atom is -0.316 e. The molecule has 0 radical (unpaired) electrons. The summed E-state index contributed by atoms with van der Waals surface area (Å²) in [6.07, 6.45) is 0. The number of rotatable bonds is 2. The molecule has 2 aromatic rings. The van der Waals surface area contributed by atoms with Crippen molar-refractivity contribution in [2.45, 2.75) is 105 Å². The zero-order valence-electron chi connectivity index (χ0n) is 23.7. The zero-order valence-corrected chi connectivity index (χ0v) is 24.5. The van der Waals surface area contributed by atoms with Crippen molar-refractivity contribution in [1.82, 2.24) is 0 Å². The molecule has 1 aliphatic heterocycles. The highest BCUT2D eigenvalue weighted by molar-refractivity contribution is 7.80. The minimum absolute atomic E-state index is 0.0392.